The maximum atomic E-state index is 10.6. The minimum absolute atomic E-state index is 0.353. The first-order valence-electron chi connectivity index (χ1n) is 4.46. The summed E-state index contributed by atoms with van der Waals surface area (Å²) in [7, 11) is 0. The highest BCUT2D eigenvalue weighted by molar-refractivity contribution is 5.79. The van der Waals surface area contributed by atoms with Crippen LogP contribution in [0.15, 0.2) is 18.2 Å². The third-order valence-electron chi connectivity index (χ3n) is 1.68. The lowest BCUT2D eigenvalue weighted by Crippen LogP contribution is -1.98. The molecule has 0 aromatic heterocycles. The van der Waals surface area contributed by atoms with Crippen LogP contribution in [0.5, 0.6) is 11.5 Å². The zero-order valence-corrected chi connectivity index (χ0v) is 8.16. The van der Waals surface area contributed by atoms with E-state index in [1.807, 2.05) is 6.92 Å². The fraction of sp³-hybridized carbons (Fsp3) is 0.273. The maximum Gasteiger partial charge on any atom is 0.153 e. The Morgan fingerprint density at radius 3 is 2.79 bits per heavy atom. The zero-order valence-electron chi connectivity index (χ0n) is 8.16. The second-order valence-corrected chi connectivity index (χ2v) is 2.60. The quantitative estimate of drug-likeness (QED) is 0.672. The Kier molecular flexibility index (Phi) is 3.98. The number of hydrogen-bond acceptors (Lipinski definition) is 3. The normalized spacial score (nSPS) is 9.57. The third-order valence-corrected chi connectivity index (χ3v) is 1.68. The molecule has 1 radical (unpaired) electrons. The number of carbonyl (C=O) groups excluding carboxylic acids is 1. The topological polar surface area (TPSA) is 35.5 Å². The number of benzene rings is 1. The van der Waals surface area contributed by atoms with Gasteiger partial charge in [0.15, 0.2) is 6.29 Å². The third kappa shape index (κ3) is 2.49. The Hall–Kier alpha value is -1.51. The predicted octanol–water partition coefficient (Wildman–Crippen LogP) is 2.11. The molecule has 0 atom stereocenters. The molecular weight excluding hydrogens is 180 g/mol. The first-order valence-corrected chi connectivity index (χ1v) is 4.46. The van der Waals surface area contributed by atoms with Gasteiger partial charge < -0.3 is 9.47 Å². The minimum Gasteiger partial charge on any atom is -0.493 e. The number of carbonyl (C=O) groups is 1. The summed E-state index contributed by atoms with van der Waals surface area (Å²) in [6.07, 6.45) is 0.763. The molecule has 3 heteroatoms. The number of aldehydes is 1. The molecule has 0 heterocycles. The molecule has 0 N–H and O–H groups in total. The Morgan fingerprint density at radius 2 is 2.21 bits per heavy atom. The van der Waals surface area contributed by atoms with Crippen LogP contribution < -0.4 is 9.47 Å². The highest BCUT2D eigenvalue weighted by Crippen LogP contribution is 2.23. The second-order valence-electron chi connectivity index (χ2n) is 2.60. The smallest absolute Gasteiger partial charge is 0.153 e. The summed E-state index contributed by atoms with van der Waals surface area (Å²) in [5, 5.41) is 0. The van der Waals surface area contributed by atoms with Crippen molar-refractivity contribution in [3.8, 4) is 11.5 Å². The van der Waals surface area contributed by atoms with Gasteiger partial charge in [-0.25, -0.2) is 0 Å². The fourth-order valence-corrected chi connectivity index (χ4v) is 1.10. The van der Waals surface area contributed by atoms with Crippen molar-refractivity contribution in [1.29, 1.82) is 0 Å². The van der Waals surface area contributed by atoms with Crippen LogP contribution in [0.1, 0.15) is 17.3 Å². The molecule has 1 aromatic rings. The van der Waals surface area contributed by atoms with Crippen LogP contribution in [-0.4, -0.2) is 19.5 Å². The highest BCUT2D eigenvalue weighted by Gasteiger charge is 2.04. The van der Waals surface area contributed by atoms with Gasteiger partial charge >= 0.3 is 0 Å². The number of ether oxygens (including phenoxy) is 2. The summed E-state index contributed by atoms with van der Waals surface area (Å²) in [6.45, 7) is 6.31. The van der Waals surface area contributed by atoms with Gasteiger partial charge in [-0.1, -0.05) is 0 Å². The Morgan fingerprint density at radius 1 is 1.43 bits per heavy atom. The van der Waals surface area contributed by atoms with Crippen molar-refractivity contribution < 1.29 is 14.3 Å². The van der Waals surface area contributed by atoms with Crippen molar-refractivity contribution >= 4 is 6.29 Å². The van der Waals surface area contributed by atoms with Gasteiger partial charge in [0.2, 0.25) is 0 Å². The molecule has 0 bridgehead atoms. The van der Waals surface area contributed by atoms with Crippen molar-refractivity contribution in [2.75, 3.05) is 13.2 Å². The Bertz CT molecular complexity index is 307. The minimum atomic E-state index is 0.353. The van der Waals surface area contributed by atoms with Crippen molar-refractivity contribution in [3.05, 3.63) is 30.7 Å². The molecule has 1 aromatic carbocycles. The SMILES string of the molecule is [CH2]COc1ccc(C=O)c(OCC)c1. The van der Waals surface area contributed by atoms with Gasteiger partial charge in [0.05, 0.1) is 18.8 Å². The second kappa shape index (κ2) is 5.27. The van der Waals surface area contributed by atoms with E-state index in [9.17, 15) is 4.79 Å². The molecule has 0 saturated heterocycles. The van der Waals surface area contributed by atoms with Crippen molar-refractivity contribution in [3.63, 3.8) is 0 Å². The maximum absolute atomic E-state index is 10.6. The lowest BCUT2D eigenvalue weighted by molar-refractivity contribution is 0.112. The van der Waals surface area contributed by atoms with Gasteiger partial charge in [0, 0.05) is 6.07 Å². The molecule has 0 aliphatic carbocycles. The molecular formula is C11H13O3. The molecule has 0 fully saturated rings. The van der Waals surface area contributed by atoms with Crippen molar-refractivity contribution in [1.82, 2.24) is 0 Å². The molecule has 0 saturated carbocycles. The first-order chi connectivity index (χ1) is 6.81. The van der Waals surface area contributed by atoms with E-state index in [-0.39, 0.29) is 0 Å². The highest BCUT2D eigenvalue weighted by atomic mass is 16.5. The molecule has 0 aliphatic heterocycles. The Balaban J connectivity index is 2.94. The molecule has 3 nitrogen and oxygen atoms in total. The lowest BCUT2D eigenvalue weighted by Gasteiger charge is -2.08. The van der Waals surface area contributed by atoms with E-state index in [1.165, 1.54) is 0 Å². The summed E-state index contributed by atoms with van der Waals surface area (Å²) in [4.78, 5) is 10.6. The van der Waals surface area contributed by atoms with E-state index in [2.05, 4.69) is 6.92 Å². The van der Waals surface area contributed by atoms with E-state index in [0.717, 1.165) is 6.29 Å². The van der Waals surface area contributed by atoms with Gasteiger partial charge in [-0.05, 0) is 26.0 Å². The molecule has 14 heavy (non-hydrogen) atoms. The summed E-state index contributed by atoms with van der Waals surface area (Å²) in [5.74, 6) is 1.21. The largest absolute Gasteiger partial charge is 0.493 e. The van der Waals surface area contributed by atoms with Crippen LogP contribution in [0.3, 0.4) is 0 Å². The number of rotatable bonds is 5. The van der Waals surface area contributed by atoms with Crippen LogP contribution in [0, 0.1) is 6.92 Å². The van der Waals surface area contributed by atoms with E-state index >= 15 is 0 Å². The summed E-state index contributed by atoms with van der Waals surface area (Å²) >= 11 is 0. The molecule has 0 unspecified atom stereocenters. The van der Waals surface area contributed by atoms with Gasteiger partial charge in [-0.2, -0.15) is 0 Å². The van der Waals surface area contributed by atoms with Crippen LogP contribution in [0.4, 0.5) is 0 Å². The van der Waals surface area contributed by atoms with Crippen LogP contribution in [-0.2, 0) is 0 Å². The molecule has 0 amide bonds. The van der Waals surface area contributed by atoms with Crippen LogP contribution in [0.2, 0.25) is 0 Å². The van der Waals surface area contributed by atoms with Crippen molar-refractivity contribution in [2.45, 2.75) is 6.92 Å². The average molecular weight is 193 g/mol. The van der Waals surface area contributed by atoms with Gasteiger partial charge in [-0.3, -0.25) is 4.79 Å². The van der Waals surface area contributed by atoms with Gasteiger partial charge in [0.1, 0.15) is 11.5 Å². The van der Waals surface area contributed by atoms with Gasteiger partial charge in [0.25, 0.3) is 0 Å². The predicted molar refractivity (Wildman–Crippen MR) is 53.9 cm³/mol. The van der Waals surface area contributed by atoms with Crippen LogP contribution >= 0.6 is 0 Å². The van der Waals surface area contributed by atoms with E-state index in [0.29, 0.717) is 30.3 Å². The molecule has 75 valence electrons. The standard InChI is InChI=1S/C11H13O3/c1-3-13-10-6-5-9(8-12)11(7-10)14-4-2/h5-8H,1,3-4H2,2H3. The van der Waals surface area contributed by atoms with E-state index < -0.39 is 0 Å². The fourth-order valence-electron chi connectivity index (χ4n) is 1.10. The first kappa shape index (κ1) is 10.6. The summed E-state index contributed by atoms with van der Waals surface area (Å²) in [5.41, 5.74) is 0.531. The number of hydrogen-bond donors (Lipinski definition) is 0. The van der Waals surface area contributed by atoms with Crippen LogP contribution in [0.25, 0.3) is 0 Å². The monoisotopic (exact) mass is 193 g/mol. The summed E-state index contributed by atoms with van der Waals surface area (Å²) in [6, 6.07) is 5.08. The van der Waals surface area contributed by atoms with E-state index in [1.54, 1.807) is 18.2 Å². The molecule has 0 aliphatic rings. The average Bonchev–Trinajstić information content (AvgIpc) is 2.19. The Labute approximate surface area is 83.6 Å². The summed E-state index contributed by atoms with van der Waals surface area (Å²) < 4.78 is 10.5. The molecule has 1 rings (SSSR count). The van der Waals surface area contributed by atoms with Crippen molar-refractivity contribution in [2.24, 2.45) is 0 Å². The molecule has 0 spiro atoms. The van der Waals surface area contributed by atoms with Gasteiger partial charge in [-0.15, -0.1) is 0 Å². The lowest BCUT2D eigenvalue weighted by atomic mass is 10.2. The van der Waals surface area contributed by atoms with E-state index in [4.69, 9.17) is 9.47 Å². The zero-order chi connectivity index (χ0) is 10.4.